The predicted octanol–water partition coefficient (Wildman–Crippen LogP) is 3.76. The van der Waals surface area contributed by atoms with Gasteiger partial charge in [0.15, 0.2) is 5.58 Å². The average molecular weight is 431 g/mol. The number of aromatic nitrogens is 1. The lowest BCUT2D eigenvalue weighted by Gasteiger charge is -2.35. The molecule has 3 aliphatic rings. The van der Waals surface area contributed by atoms with E-state index in [0.717, 1.165) is 59.6 Å². The molecule has 0 aromatic carbocycles. The fourth-order valence-corrected chi connectivity index (χ4v) is 5.46. The quantitative estimate of drug-likeness (QED) is 0.798. The van der Waals surface area contributed by atoms with E-state index in [0.29, 0.717) is 17.4 Å². The molecule has 0 amide bonds. The van der Waals surface area contributed by atoms with Crippen LogP contribution in [0.3, 0.4) is 0 Å². The predicted molar refractivity (Wildman–Crippen MR) is 105 cm³/mol. The molecule has 0 bridgehead atoms. The number of hydrogen-bond acceptors (Lipinski definition) is 6. The normalized spacial score (nSPS) is 31.1. The van der Waals surface area contributed by atoms with Crippen molar-refractivity contribution in [3.63, 3.8) is 0 Å². The number of ether oxygens (including phenoxy) is 1. The number of anilines is 1. The first kappa shape index (κ1) is 17.5. The standard InChI is InChI=1S/C20H23BrN4O2/c21-19-17-5-16(6-22)27-18(17)7-23-20(19)24-14-1-3-15(4-2-14)25-8-12-10-26-11-13(12)9-25/h5,7,12-15H,1-4,8-11H2,(H,23,24). The Hall–Kier alpha value is -1.62. The highest BCUT2D eigenvalue weighted by atomic mass is 79.9. The van der Waals surface area contributed by atoms with Crippen LogP contribution in [0.5, 0.6) is 0 Å². The molecule has 0 spiro atoms. The van der Waals surface area contributed by atoms with Crippen molar-refractivity contribution in [3.05, 3.63) is 22.5 Å². The van der Waals surface area contributed by atoms with Gasteiger partial charge in [-0.15, -0.1) is 0 Å². The van der Waals surface area contributed by atoms with Crippen molar-refractivity contribution < 1.29 is 9.15 Å². The Balaban J connectivity index is 1.21. The summed E-state index contributed by atoms with van der Waals surface area (Å²) in [5.41, 5.74) is 0.635. The van der Waals surface area contributed by atoms with Crippen molar-refractivity contribution in [2.45, 2.75) is 37.8 Å². The van der Waals surface area contributed by atoms with Crippen LogP contribution in [0.25, 0.3) is 11.0 Å². The van der Waals surface area contributed by atoms with Crippen LogP contribution in [-0.2, 0) is 4.74 Å². The average Bonchev–Trinajstić information content (AvgIpc) is 3.38. The van der Waals surface area contributed by atoms with E-state index in [1.165, 1.54) is 25.9 Å². The van der Waals surface area contributed by atoms with Gasteiger partial charge in [0, 0.05) is 48.5 Å². The summed E-state index contributed by atoms with van der Waals surface area (Å²) in [7, 11) is 0. The van der Waals surface area contributed by atoms with E-state index < -0.39 is 0 Å². The number of furan rings is 1. The Labute approximate surface area is 167 Å². The lowest BCUT2D eigenvalue weighted by atomic mass is 9.90. The Kier molecular flexibility index (Phi) is 4.58. The van der Waals surface area contributed by atoms with Crippen LogP contribution in [0.15, 0.2) is 21.2 Å². The molecule has 2 saturated heterocycles. The molecule has 3 fully saturated rings. The molecule has 2 aromatic rings. The zero-order valence-corrected chi connectivity index (χ0v) is 16.7. The SMILES string of the molecule is N#Cc1cc2c(Br)c(NC3CCC(N4CC5COCC5C4)CC3)ncc2o1. The van der Waals surface area contributed by atoms with Crippen LogP contribution >= 0.6 is 15.9 Å². The maximum Gasteiger partial charge on any atom is 0.204 e. The molecule has 2 aliphatic heterocycles. The minimum absolute atomic E-state index is 0.311. The van der Waals surface area contributed by atoms with Crippen molar-refractivity contribution >= 4 is 32.7 Å². The monoisotopic (exact) mass is 430 g/mol. The molecule has 7 heteroatoms. The van der Waals surface area contributed by atoms with Crippen LogP contribution in [0.1, 0.15) is 31.4 Å². The Morgan fingerprint density at radius 2 is 1.93 bits per heavy atom. The molecular weight excluding hydrogens is 408 g/mol. The molecule has 5 rings (SSSR count). The minimum Gasteiger partial charge on any atom is -0.444 e. The van der Waals surface area contributed by atoms with E-state index >= 15 is 0 Å². The molecule has 2 aromatic heterocycles. The molecule has 142 valence electrons. The van der Waals surface area contributed by atoms with Gasteiger partial charge >= 0.3 is 0 Å². The van der Waals surface area contributed by atoms with Gasteiger partial charge < -0.3 is 14.5 Å². The first-order valence-electron chi connectivity index (χ1n) is 9.77. The number of likely N-dealkylation sites (tertiary alicyclic amines) is 1. The Morgan fingerprint density at radius 1 is 1.19 bits per heavy atom. The van der Waals surface area contributed by atoms with Gasteiger partial charge in [-0.2, -0.15) is 5.26 Å². The molecule has 4 heterocycles. The second kappa shape index (κ2) is 7.08. The Bertz CT molecular complexity index is 872. The Morgan fingerprint density at radius 3 is 2.63 bits per heavy atom. The van der Waals surface area contributed by atoms with Crippen LogP contribution < -0.4 is 5.32 Å². The summed E-state index contributed by atoms with van der Waals surface area (Å²) >= 11 is 3.63. The topological polar surface area (TPSA) is 74.3 Å². The summed E-state index contributed by atoms with van der Waals surface area (Å²) in [4.78, 5) is 7.21. The summed E-state index contributed by atoms with van der Waals surface area (Å²) < 4.78 is 11.9. The number of fused-ring (bicyclic) bond motifs is 2. The van der Waals surface area contributed by atoms with Gasteiger partial charge in [0.05, 0.1) is 23.9 Å². The van der Waals surface area contributed by atoms with Crippen LogP contribution in [0.4, 0.5) is 5.82 Å². The third-order valence-corrected chi connectivity index (χ3v) is 7.25. The number of rotatable bonds is 3. The highest BCUT2D eigenvalue weighted by Gasteiger charge is 2.40. The van der Waals surface area contributed by atoms with E-state index in [9.17, 15) is 0 Å². The summed E-state index contributed by atoms with van der Waals surface area (Å²) in [5.74, 6) is 2.68. The molecule has 1 N–H and O–H groups in total. The van der Waals surface area contributed by atoms with E-state index in [1.807, 2.05) is 6.07 Å². The lowest BCUT2D eigenvalue weighted by molar-refractivity contribution is 0.124. The maximum atomic E-state index is 9.02. The van der Waals surface area contributed by atoms with Crippen molar-refractivity contribution in [3.8, 4) is 6.07 Å². The molecule has 0 radical (unpaired) electrons. The molecule has 2 unspecified atom stereocenters. The highest BCUT2D eigenvalue weighted by molar-refractivity contribution is 9.10. The minimum atomic E-state index is 0.311. The number of halogens is 1. The molecular formula is C20H23BrN4O2. The van der Waals surface area contributed by atoms with E-state index in [4.69, 9.17) is 14.4 Å². The van der Waals surface area contributed by atoms with Gasteiger partial charge in [0.25, 0.3) is 0 Å². The molecule has 6 nitrogen and oxygen atoms in total. The van der Waals surface area contributed by atoms with Crippen molar-refractivity contribution in [1.29, 1.82) is 5.26 Å². The zero-order valence-electron chi connectivity index (χ0n) is 15.2. The molecule has 1 aliphatic carbocycles. The number of pyridine rings is 1. The number of nitrogens with one attached hydrogen (secondary N) is 1. The smallest absolute Gasteiger partial charge is 0.204 e. The third kappa shape index (κ3) is 3.24. The molecule has 2 atom stereocenters. The summed E-state index contributed by atoms with van der Waals surface area (Å²) in [6.45, 7) is 4.36. The number of nitrogens with zero attached hydrogens (tertiary/aromatic N) is 3. The van der Waals surface area contributed by atoms with E-state index in [1.54, 1.807) is 12.3 Å². The first-order valence-corrected chi connectivity index (χ1v) is 10.6. The number of nitriles is 1. The summed E-state index contributed by atoms with van der Waals surface area (Å²) in [5, 5.41) is 13.5. The van der Waals surface area contributed by atoms with Crippen LogP contribution in [-0.4, -0.2) is 48.3 Å². The van der Waals surface area contributed by atoms with Crippen molar-refractivity contribution in [1.82, 2.24) is 9.88 Å². The van der Waals surface area contributed by atoms with Crippen molar-refractivity contribution in [2.75, 3.05) is 31.6 Å². The highest BCUT2D eigenvalue weighted by Crippen LogP contribution is 2.36. The second-order valence-electron chi connectivity index (χ2n) is 8.08. The van der Waals surface area contributed by atoms with E-state index in [-0.39, 0.29) is 0 Å². The second-order valence-corrected chi connectivity index (χ2v) is 8.88. The third-order valence-electron chi connectivity index (χ3n) is 6.45. The fourth-order valence-electron chi connectivity index (χ4n) is 4.94. The number of hydrogen-bond donors (Lipinski definition) is 1. The van der Waals surface area contributed by atoms with E-state index in [2.05, 4.69) is 31.1 Å². The van der Waals surface area contributed by atoms with Gasteiger partial charge in [-0.3, -0.25) is 4.90 Å². The van der Waals surface area contributed by atoms with Crippen molar-refractivity contribution in [2.24, 2.45) is 11.8 Å². The van der Waals surface area contributed by atoms with Gasteiger partial charge in [-0.1, -0.05) is 0 Å². The van der Waals surface area contributed by atoms with Gasteiger partial charge in [0.1, 0.15) is 11.9 Å². The summed E-state index contributed by atoms with van der Waals surface area (Å²) in [6.07, 6.45) is 6.49. The lowest BCUT2D eigenvalue weighted by Crippen LogP contribution is -2.40. The maximum absolute atomic E-state index is 9.02. The first-order chi connectivity index (χ1) is 13.2. The van der Waals surface area contributed by atoms with Crippen LogP contribution in [0.2, 0.25) is 0 Å². The van der Waals surface area contributed by atoms with Gasteiger partial charge in [-0.25, -0.2) is 4.98 Å². The summed E-state index contributed by atoms with van der Waals surface area (Å²) in [6, 6.07) is 4.97. The fraction of sp³-hybridized carbons (Fsp3) is 0.600. The van der Waals surface area contributed by atoms with Crippen LogP contribution in [0, 0.1) is 23.2 Å². The zero-order chi connectivity index (χ0) is 18.4. The molecule has 27 heavy (non-hydrogen) atoms. The van der Waals surface area contributed by atoms with Gasteiger partial charge in [0.2, 0.25) is 5.76 Å². The molecule has 1 saturated carbocycles. The van der Waals surface area contributed by atoms with Gasteiger partial charge in [-0.05, 0) is 41.6 Å². The largest absolute Gasteiger partial charge is 0.444 e.